The third-order valence-corrected chi connectivity index (χ3v) is 3.31. The lowest BCUT2D eigenvalue weighted by Crippen LogP contribution is -2.25. The largest absolute Gasteiger partial charge is 0.372 e. The van der Waals surface area contributed by atoms with Gasteiger partial charge in [0.15, 0.2) is 0 Å². The van der Waals surface area contributed by atoms with E-state index in [1.54, 1.807) is 0 Å². The van der Waals surface area contributed by atoms with Crippen molar-refractivity contribution < 1.29 is 0 Å². The van der Waals surface area contributed by atoms with Gasteiger partial charge in [-0.25, -0.2) is 0 Å². The fraction of sp³-hybridized carbons (Fsp3) is 0.625. The van der Waals surface area contributed by atoms with Gasteiger partial charge in [0.1, 0.15) is 0 Å². The molecule has 0 saturated heterocycles. The predicted octanol–water partition coefficient (Wildman–Crippen LogP) is 3.59. The highest BCUT2D eigenvalue weighted by Crippen LogP contribution is 2.17. The van der Waals surface area contributed by atoms with E-state index in [4.69, 9.17) is 5.73 Å². The molecule has 102 valence electrons. The fourth-order valence-electron chi connectivity index (χ4n) is 2.20. The van der Waals surface area contributed by atoms with Gasteiger partial charge in [-0.2, -0.15) is 0 Å². The molecule has 1 unspecified atom stereocenters. The van der Waals surface area contributed by atoms with Crippen molar-refractivity contribution in [2.24, 2.45) is 5.73 Å². The van der Waals surface area contributed by atoms with Crippen LogP contribution in [0.25, 0.3) is 0 Å². The SMILES string of the molecule is CCCN(CCC)c1ccc(CC(N)CC)cc1. The number of benzene rings is 1. The Balaban J connectivity index is 2.67. The first-order valence-corrected chi connectivity index (χ1v) is 7.30. The summed E-state index contributed by atoms with van der Waals surface area (Å²) in [7, 11) is 0. The van der Waals surface area contributed by atoms with E-state index in [9.17, 15) is 0 Å². The normalized spacial score (nSPS) is 12.4. The van der Waals surface area contributed by atoms with Crippen LogP contribution in [-0.4, -0.2) is 19.1 Å². The van der Waals surface area contributed by atoms with E-state index in [0.29, 0.717) is 6.04 Å². The van der Waals surface area contributed by atoms with E-state index in [0.717, 1.165) is 25.9 Å². The number of hydrogen-bond donors (Lipinski definition) is 1. The Bertz CT molecular complexity index is 312. The Hall–Kier alpha value is -1.02. The van der Waals surface area contributed by atoms with Crippen molar-refractivity contribution in [1.82, 2.24) is 0 Å². The zero-order valence-corrected chi connectivity index (χ0v) is 12.2. The molecule has 0 aliphatic heterocycles. The molecule has 0 aromatic heterocycles. The van der Waals surface area contributed by atoms with Gasteiger partial charge in [0, 0.05) is 24.8 Å². The quantitative estimate of drug-likeness (QED) is 0.761. The predicted molar refractivity (Wildman–Crippen MR) is 81.2 cm³/mol. The molecule has 0 fully saturated rings. The highest BCUT2D eigenvalue weighted by Gasteiger charge is 2.05. The summed E-state index contributed by atoms with van der Waals surface area (Å²) >= 11 is 0. The molecule has 0 spiro atoms. The lowest BCUT2D eigenvalue weighted by molar-refractivity contribution is 0.646. The molecule has 2 N–H and O–H groups in total. The van der Waals surface area contributed by atoms with E-state index in [2.05, 4.69) is 49.9 Å². The van der Waals surface area contributed by atoms with Crippen LogP contribution in [0.2, 0.25) is 0 Å². The second kappa shape index (κ2) is 8.15. The summed E-state index contributed by atoms with van der Waals surface area (Å²) in [6.45, 7) is 8.89. The Kier molecular flexibility index (Phi) is 6.81. The first kappa shape index (κ1) is 15.0. The zero-order valence-electron chi connectivity index (χ0n) is 12.2. The molecule has 18 heavy (non-hydrogen) atoms. The van der Waals surface area contributed by atoms with Crippen molar-refractivity contribution in [2.75, 3.05) is 18.0 Å². The molecule has 1 atom stereocenters. The Labute approximate surface area is 112 Å². The summed E-state index contributed by atoms with van der Waals surface area (Å²) in [5.74, 6) is 0. The van der Waals surface area contributed by atoms with Gasteiger partial charge in [-0.1, -0.05) is 32.9 Å². The molecule has 0 radical (unpaired) electrons. The van der Waals surface area contributed by atoms with Crippen molar-refractivity contribution in [3.05, 3.63) is 29.8 Å². The molecule has 0 saturated carbocycles. The molecule has 0 amide bonds. The second-order valence-corrected chi connectivity index (χ2v) is 5.03. The van der Waals surface area contributed by atoms with Crippen LogP contribution in [0.15, 0.2) is 24.3 Å². The average Bonchev–Trinajstić information content (AvgIpc) is 2.39. The minimum atomic E-state index is 0.290. The maximum atomic E-state index is 5.99. The molecule has 1 rings (SSSR count). The van der Waals surface area contributed by atoms with Gasteiger partial charge < -0.3 is 10.6 Å². The Morgan fingerprint density at radius 3 is 2.00 bits per heavy atom. The average molecular weight is 248 g/mol. The Morgan fingerprint density at radius 2 is 1.56 bits per heavy atom. The molecule has 0 aliphatic rings. The van der Waals surface area contributed by atoms with Gasteiger partial charge in [0.25, 0.3) is 0 Å². The van der Waals surface area contributed by atoms with Crippen molar-refractivity contribution in [3.63, 3.8) is 0 Å². The monoisotopic (exact) mass is 248 g/mol. The van der Waals surface area contributed by atoms with Crippen LogP contribution in [0.5, 0.6) is 0 Å². The van der Waals surface area contributed by atoms with Crippen molar-refractivity contribution >= 4 is 5.69 Å². The lowest BCUT2D eigenvalue weighted by atomic mass is 10.0. The summed E-state index contributed by atoms with van der Waals surface area (Å²) in [6.07, 6.45) is 4.42. The van der Waals surface area contributed by atoms with Gasteiger partial charge in [-0.05, 0) is 43.4 Å². The fourth-order valence-corrected chi connectivity index (χ4v) is 2.20. The maximum absolute atomic E-state index is 5.99. The van der Waals surface area contributed by atoms with Crippen LogP contribution in [0, 0.1) is 0 Å². The van der Waals surface area contributed by atoms with E-state index in [1.165, 1.54) is 24.1 Å². The topological polar surface area (TPSA) is 29.3 Å². The highest BCUT2D eigenvalue weighted by atomic mass is 15.1. The van der Waals surface area contributed by atoms with Gasteiger partial charge in [0.2, 0.25) is 0 Å². The van der Waals surface area contributed by atoms with Gasteiger partial charge in [0.05, 0.1) is 0 Å². The zero-order chi connectivity index (χ0) is 13.4. The molecule has 0 bridgehead atoms. The molecule has 0 aliphatic carbocycles. The van der Waals surface area contributed by atoms with Crippen LogP contribution in [0.1, 0.15) is 45.6 Å². The third-order valence-electron chi connectivity index (χ3n) is 3.31. The summed E-state index contributed by atoms with van der Waals surface area (Å²) < 4.78 is 0. The van der Waals surface area contributed by atoms with E-state index < -0.39 is 0 Å². The summed E-state index contributed by atoms with van der Waals surface area (Å²) in [4.78, 5) is 2.46. The summed E-state index contributed by atoms with van der Waals surface area (Å²) in [5, 5.41) is 0. The smallest absolute Gasteiger partial charge is 0.0366 e. The van der Waals surface area contributed by atoms with Gasteiger partial charge in [-0.15, -0.1) is 0 Å². The van der Waals surface area contributed by atoms with Crippen molar-refractivity contribution in [3.8, 4) is 0 Å². The maximum Gasteiger partial charge on any atom is 0.0366 e. The van der Waals surface area contributed by atoms with Gasteiger partial charge in [-0.3, -0.25) is 0 Å². The van der Waals surface area contributed by atoms with Crippen LogP contribution >= 0.6 is 0 Å². The minimum absolute atomic E-state index is 0.290. The first-order chi connectivity index (χ1) is 8.71. The number of anilines is 1. The molecular formula is C16H28N2. The standard InChI is InChI=1S/C16H28N2/c1-4-11-18(12-5-2)16-9-7-14(8-10-16)13-15(17)6-3/h7-10,15H,4-6,11-13,17H2,1-3H3. The van der Waals surface area contributed by atoms with Crippen LogP contribution in [-0.2, 0) is 6.42 Å². The number of hydrogen-bond acceptors (Lipinski definition) is 2. The summed E-state index contributed by atoms with van der Waals surface area (Å²) in [6, 6.07) is 9.22. The van der Waals surface area contributed by atoms with E-state index in [-0.39, 0.29) is 0 Å². The Morgan fingerprint density at radius 1 is 1.00 bits per heavy atom. The number of nitrogens with zero attached hydrogens (tertiary/aromatic N) is 1. The number of rotatable bonds is 8. The molecular weight excluding hydrogens is 220 g/mol. The van der Waals surface area contributed by atoms with Crippen LogP contribution < -0.4 is 10.6 Å². The number of nitrogens with two attached hydrogens (primary N) is 1. The van der Waals surface area contributed by atoms with Crippen LogP contribution in [0.4, 0.5) is 5.69 Å². The molecule has 0 heterocycles. The van der Waals surface area contributed by atoms with Gasteiger partial charge >= 0.3 is 0 Å². The van der Waals surface area contributed by atoms with Crippen molar-refractivity contribution in [1.29, 1.82) is 0 Å². The van der Waals surface area contributed by atoms with E-state index >= 15 is 0 Å². The lowest BCUT2D eigenvalue weighted by Gasteiger charge is -2.24. The highest BCUT2D eigenvalue weighted by molar-refractivity contribution is 5.47. The van der Waals surface area contributed by atoms with E-state index in [1.807, 2.05) is 0 Å². The summed E-state index contributed by atoms with van der Waals surface area (Å²) in [5.41, 5.74) is 8.68. The third kappa shape index (κ3) is 4.69. The minimum Gasteiger partial charge on any atom is -0.372 e. The van der Waals surface area contributed by atoms with Crippen molar-refractivity contribution in [2.45, 2.75) is 52.5 Å². The van der Waals surface area contributed by atoms with Crippen LogP contribution in [0.3, 0.4) is 0 Å². The molecule has 2 nitrogen and oxygen atoms in total. The second-order valence-electron chi connectivity index (χ2n) is 5.03. The molecule has 2 heteroatoms. The molecule has 1 aromatic rings. The molecule has 1 aromatic carbocycles. The first-order valence-electron chi connectivity index (χ1n) is 7.30.